The molecule has 0 aliphatic carbocycles. The van der Waals surface area contributed by atoms with Gasteiger partial charge in [-0.25, -0.2) is 13.2 Å². The molecule has 0 saturated heterocycles. The Bertz CT molecular complexity index is 99.2. The van der Waals surface area contributed by atoms with E-state index in [1.54, 1.807) is 14.1 Å². The molecule has 0 rings (SSSR count). The fourth-order valence-corrected chi connectivity index (χ4v) is 0. The molecule has 0 atom stereocenters. The van der Waals surface area contributed by atoms with E-state index in [2.05, 4.69) is 0 Å². The Morgan fingerprint density at radius 1 is 1.31 bits per heavy atom. The molecule has 0 aromatic heterocycles. The molecular formula is C6H15CaF4NO. The van der Waals surface area contributed by atoms with Gasteiger partial charge in [-0.2, -0.15) is 4.39 Å². The summed E-state index contributed by atoms with van der Waals surface area (Å²) in [6.45, 7) is -1.25. The zero-order valence-electron chi connectivity index (χ0n) is 9.99. The van der Waals surface area contributed by atoms with Gasteiger partial charge in [0.25, 0.3) is 6.04 Å². The van der Waals surface area contributed by atoms with Crippen molar-refractivity contribution >= 4 is 43.8 Å². The summed E-state index contributed by atoms with van der Waals surface area (Å²) in [4.78, 5) is 10.2. The number of hydrogen-bond acceptors (Lipinski definition) is 2. The van der Waals surface area contributed by atoms with Crippen LogP contribution in [0, 0.1) is 0 Å². The molecule has 2 nitrogen and oxygen atoms in total. The third-order valence-corrected chi connectivity index (χ3v) is 0.239. The normalized spacial score (nSPS) is 7.08. The molecule has 0 spiro atoms. The molecule has 0 bridgehead atoms. The second kappa shape index (κ2) is 22.9. The van der Waals surface area contributed by atoms with Crippen LogP contribution in [-0.4, -0.2) is 76.5 Å². The maximum absolute atomic E-state index is 11.0. The van der Waals surface area contributed by atoms with Crippen molar-refractivity contribution in [2.24, 2.45) is 0 Å². The van der Waals surface area contributed by atoms with E-state index in [9.17, 15) is 17.6 Å². The Morgan fingerprint density at radius 2 is 1.38 bits per heavy atom. The maximum Gasteiger partial charge on any atom is 2.00 e. The van der Waals surface area contributed by atoms with E-state index < -0.39 is 13.0 Å². The number of hydrogen-bond donors (Lipinski definition) is 0. The van der Waals surface area contributed by atoms with Gasteiger partial charge in [0, 0.05) is 6.92 Å². The van der Waals surface area contributed by atoms with E-state index >= 15 is 0 Å². The SMILES string of the molecule is CC(=O)F.CN(C)CF.FCF.[Ca+2].[H-].[H-]. The van der Waals surface area contributed by atoms with Gasteiger partial charge in [0.2, 0.25) is 6.93 Å². The molecule has 0 fully saturated rings. The van der Waals surface area contributed by atoms with Gasteiger partial charge in [-0.15, -0.1) is 0 Å². The van der Waals surface area contributed by atoms with Crippen LogP contribution in [0.15, 0.2) is 0 Å². The zero-order valence-corrected chi connectivity index (χ0v) is 10.2. The van der Waals surface area contributed by atoms with Gasteiger partial charge < -0.3 is 2.85 Å². The Hall–Kier alpha value is 0.610. The fraction of sp³-hybridized carbons (Fsp3) is 0.833. The van der Waals surface area contributed by atoms with Crippen molar-refractivity contribution in [2.45, 2.75) is 6.92 Å². The largest absolute Gasteiger partial charge is 2.00 e. The van der Waals surface area contributed by atoms with Crippen LogP contribution in [0.5, 0.6) is 0 Å². The predicted octanol–water partition coefficient (Wildman–Crippen LogP) is 1.70. The van der Waals surface area contributed by atoms with Gasteiger partial charge in [0.1, 0.15) is 6.80 Å². The summed E-state index contributed by atoms with van der Waals surface area (Å²) in [5.41, 5.74) is 0. The minimum Gasteiger partial charge on any atom is -1.00 e. The predicted molar refractivity (Wildman–Crippen MR) is 46.5 cm³/mol. The topological polar surface area (TPSA) is 20.3 Å². The monoisotopic (exact) mass is 233 g/mol. The Kier molecular flexibility index (Phi) is 41.3. The first-order valence-electron chi connectivity index (χ1n) is 2.91. The molecule has 80 valence electrons. The zero-order chi connectivity index (χ0) is 10.6. The third kappa shape index (κ3) is 208. The smallest absolute Gasteiger partial charge is 1.00 e. The number of alkyl halides is 3. The van der Waals surface area contributed by atoms with E-state index in [1.165, 1.54) is 4.90 Å². The molecule has 0 heterocycles. The molecule has 0 radical (unpaired) electrons. The second-order valence-electron chi connectivity index (χ2n) is 1.77. The molecule has 0 aromatic rings. The number of carbonyl (C=O) groups is 1. The second-order valence-corrected chi connectivity index (χ2v) is 1.77. The van der Waals surface area contributed by atoms with Crippen molar-refractivity contribution in [1.82, 2.24) is 4.90 Å². The summed E-state index contributed by atoms with van der Waals surface area (Å²) >= 11 is 0. The minimum absolute atomic E-state index is 0. The van der Waals surface area contributed by atoms with Crippen LogP contribution in [0.3, 0.4) is 0 Å². The minimum atomic E-state index is -1.75. The van der Waals surface area contributed by atoms with Crippen molar-refractivity contribution < 1.29 is 25.2 Å². The van der Waals surface area contributed by atoms with Gasteiger partial charge in [0.05, 0.1) is 0 Å². The van der Waals surface area contributed by atoms with Crippen LogP contribution in [0.4, 0.5) is 17.6 Å². The molecule has 0 aliphatic rings. The molecule has 0 aromatic carbocycles. The van der Waals surface area contributed by atoms with Crippen LogP contribution in [-0.2, 0) is 4.79 Å². The van der Waals surface area contributed by atoms with E-state index in [0.29, 0.717) is 0 Å². The Balaban J connectivity index is -0.0000000189. The molecule has 7 heteroatoms. The molecule has 0 amide bonds. The van der Waals surface area contributed by atoms with Crippen molar-refractivity contribution in [3.63, 3.8) is 0 Å². The van der Waals surface area contributed by atoms with Crippen LogP contribution >= 0.6 is 0 Å². The van der Waals surface area contributed by atoms with Gasteiger partial charge in [-0.3, -0.25) is 9.69 Å². The first-order chi connectivity index (χ1) is 5.42. The molecule has 13 heavy (non-hydrogen) atoms. The summed E-state index contributed by atoms with van der Waals surface area (Å²) < 4.78 is 40.7. The van der Waals surface area contributed by atoms with E-state index in [1.807, 2.05) is 0 Å². The van der Waals surface area contributed by atoms with Crippen LogP contribution in [0.2, 0.25) is 0 Å². The summed E-state index contributed by atoms with van der Waals surface area (Å²) in [5.74, 6) is 0. The van der Waals surface area contributed by atoms with Gasteiger partial charge in [-0.05, 0) is 14.1 Å². The Morgan fingerprint density at radius 3 is 1.38 bits per heavy atom. The maximum atomic E-state index is 11.0. The van der Waals surface area contributed by atoms with Crippen molar-refractivity contribution in [1.29, 1.82) is 0 Å². The standard InChI is InChI=1S/C3H8FN.C2H3FO.CH2F2.Ca.2H/c1-5(2)3-4;1-2(3)4;2-1-3;;;/h3H2,1-2H3;1H3;1H2;;;/q;;;+2;2*-1. The number of carbonyl (C=O) groups excluding carboxylic acids is 1. The van der Waals surface area contributed by atoms with Crippen LogP contribution < -0.4 is 0 Å². The van der Waals surface area contributed by atoms with Crippen LogP contribution in [0.25, 0.3) is 0 Å². The summed E-state index contributed by atoms with van der Waals surface area (Å²) in [7, 11) is 3.36. The first-order valence-corrected chi connectivity index (χ1v) is 2.91. The molecule has 0 aliphatic heterocycles. The Labute approximate surface area is 108 Å². The van der Waals surface area contributed by atoms with Gasteiger partial charge in [-0.1, -0.05) is 0 Å². The van der Waals surface area contributed by atoms with Crippen molar-refractivity contribution in [3.05, 3.63) is 0 Å². The number of halogens is 4. The van der Waals surface area contributed by atoms with E-state index in [-0.39, 0.29) is 47.4 Å². The average Bonchev–Trinajstić information content (AvgIpc) is 1.88. The van der Waals surface area contributed by atoms with Crippen LogP contribution in [0.1, 0.15) is 9.78 Å². The third-order valence-electron chi connectivity index (χ3n) is 0.239. The number of rotatable bonds is 1. The summed E-state index contributed by atoms with van der Waals surface area (Å²) in [5, 5.41) is 0. The molecular weight excluding hydrogens is 218 g/mol. The molecule has 0 unspecified atom stereocenters. The summed E-state index contributed by atoms with van der Waals surface area (Å²) in [6, 6.07) is -1.33. The van der Waals surface area contributed by atoms with Crippen molar-refractivity contribution in [2.75, 3.05) is 27.8 Å². The molecule has 0 N–H and O–H groups in total. The average molecular weight is 233 g/mol. The quantitative estimate of drug-likeness (QED) is 0.297. The van der Waals surface area contributed by atoms with Crippen molar-refractivity contribution in [3.8, 4) is 0 Å². The first kappa shape index (κ1) is 23.4. The summed E-state index contributed by atoms with van der Waals surface area (Å²) in [6.07, 6.45) is 0. The molecule has 0 saturated carbocycles. The number of nitrogens with zero attached hydrogens (tertiary/aromatic N) is 1. The van der Waals surface area contributed by atoms with Gasteiger partial charge in [0.15, 0.2) is 0 Å². The van der Waals surface area contributed by atoms with Gasteiger partial charge >= 0.3 is 37.7 Å². The van der Waals surface area contributed by atoms with E-state index in [0.717, 1.165) is 6.92 Å². The fourth-order valence-electron chi connectivity index (χ4n) is 0. The van der Waals surface area contributed by atoms with E-state index in [4.69, 9.17) is 4.79 Å².